The number of carbonyl (C=O) groups is 5. The van der Waals surface area contributed by atoms with E-state index in [1.54, 1.807) is 39.2 Å². The molecule has 1 aliphatic rings. The van der Waals surface area contributed by atoms with E-state index in [0.29, 0.717) is 5.69 Å². The Bertz CT molecular complexity index is 903. The molecule has 9 nitrogen and oxygen atoms in total. The van der Waals surface area contributed by atoms with Crippen molar-refractivity contribution in [1.29, 1.82) is 0 Å². The number of rotatable bonds is 10. The maximum absolute atomic E-state index is 12.8. The summed E-state index contributed by atoms with van der Waals surface area (Å²) in [7, 11) is 0. The third-order valence-corrected chi connectivity index (χ3v) is 6.32. The van der Waals surface area contributed by atoms with E-state index in [4.69, 9.17) is 0 Å². The normalized spacial score (nSPS) is 17.6. The molecule has 0 bridgehead atoms. The summed E-state index contributed by atoms with van der Waals surface area (Å²) in [4.78, 5) is 62.9. The highest BCUT2D eigenvalue weighted by molar-refractivity contribution is 8.00. The van der Waals surface area contributed by atoms with Crippen molar-refractivity contribution in [3.05, 3.63) is 29.8 Å². The summed E-state index contributed by atoms with van der Waals surface area (Å²) in [5.74, 6) is -2.13. The lowest BCUT2D eigenvalue weighted by atomic mass is 10.0. The van der Waals surface area contributed by atoms with Gasteiger partial charge in [-0.25, -0.2) is 0 Å². The summed E-state index contributed by atoms with van der Waals surface area (Å²) < 4.78 is 0. The van der Waals surface area contributed by atoms with Crippen LogP contribution in [0, 0.1) is 12.8 Å². The lowest BCUT2D eigenvalue weighted by molar-refractivity contribution is -0.139. The Kier molecular flexibility index (Phi) is 9.45. The van der Waals surface area contributed by atoms with Crippen LogP contribution in [-0.4, -0.2) is 64.6 Å². The SMILES string of the molecule is CSC1CC(=O)N(CCC(=O)NC(C(=O)N[C@@H](C)C(=O)Nc2ccc(C)cc2)C(C)C)C1=O. The first-order valence-corrected chi connectivity index (χ1v) is 12.2. The van der Waals surface area contributed by atoms with E-state index >= 15 is 0 Å². The molecule has 2 unspecified atom stereocenters. The number of hydrogen-bond acceptors (Lipinski definition) is 6. The van der Waals surface area contributed by atoms with Crippen LogP contribution < -0.4 is 16.0 Å². The average molecular weight is 477 g/mol. The molecule has 1 aromatic rings. The quantitative estimate of drug-likeness (QED) is 0.439. The van der Waals surface area contributed by atoms with Crippen molar-refractivity contribution < 1.29 is 24.0 Å². The van der Waals surface area contributed by atoms with Crippen LogP contribution in [0.1, 0.15) is 39.2 Å². The summed E-state index contributed by atoms with van der Waals surface area (Å²) in [6.07, 6.45) is 1.81. The fourth-order valence-corrected chi connectivity index (χ4v) is 3.96. The van der Waals surface area contributed by atoms with Crippen LogP contribution in [0.25, 0.3) is 0 Å². The van der Waals surface area contributed by atoms with Gasteiger partial charge in [0.15, 0.2) is 0 Å². The zero-order valence-electron chi connectivity index (χ0n) is 19.6. The van der Waals surface area contributed by atoms with Gasteiger partial charge in [-0.05, 0) is 38.2 Å². The van der Waals surface area contributed by atoms with Crippen molar-refractivity contribution in [2.75, 3.05) is 18.1 Å². The highest BCUT2D eigenvalue weighted by Crippen LogP contribution is 2.23. The molecule has 1 aliphatic heterocycles. The van der Waals surface area contributed by atoms with Gasteiger partial charge < -0.3 is 16.0 Å². The first-order chi connectivity index (χ1) is 15.5. The molecule has 0 aliphatic carbocycles. The Morgan fingerprint density at radius 1 is 1.06 bits per heavy atom. The number of benzene rings is 1. The van der Waals surface area contributed by atoms with E-state index in [1.807, 2.05) is 19.1 Å². The Hall–Kier alpha value is -2.88. The number of nitrogens with zero attached hydrogens (tertiary/aromatic N) is 1. The minimum Gasteiger partial charge on any atom is -0.344 e. The summed E-state index contributed by atoms with van der Waals surface area (Å²) in [6, 6.07) is 5.60. The third kappa shape index (κ3) is 7.31. The van der Waals surface area contributed by atoms with Crippen LogP contribution in [0.15, 0.2) is 24.3 Å². The molecule has 1 aromatic carbocycles. The highest BCUT2D eigenvalue weighted by atomic mass is 32.2. The van der Waals surface area contributed by atoms with Crippen LogP contribution in [0.3, 0.4) is 0 Å². The molecule has 0 radical (unpaired) electrons. The second kappa shape index (κ2) is 11.8. The Morgan fingerprint density at radius 2 is 1.70 bits per heavy atom. The Balaban J connectivity index is 1.88. The number of hydrogen-bond donors (Lipinski definition) is 3. The fraction of sp³-hybridized carbons (Fsp3) is 0.522. The molecule has 1 fully saturated rings. The van der Waals surface area contributed by atoms with Crippen LogP contribution in [0.4, 0.5) is 5.69 Å². The van der Waals surface area contributed by atoms with Crippen molar-refractivity contribution in [1.82, 2.24) is 15.5 Å². The van der Waals surface area contributed by atoms with Crippen LogP contribution in [0.5, 0.6) is 0 Å². The van der Waals surface area contributed by atoms with E-state index in [-0.39, 0.29) is 43.0 Å². The molecule has 0 saturated carbocycles. The van der Waals surface area contributed by atoms with E-state index in [2.05, 4.69) is 16.0 Å². The van der Waals surface area contributed by atoms with Gasteiger partial charge in [0.05, 0.1) is 5.25 Å². The standard InChI is InChI=1S/C23H32N4O5S/c1-13(2)20(26-18(28)10-11-27-19(29)12-17(33-5)23(27)32)22(31)24-15(4)21(30)25-16-8-6-14(3)7-9-16/h6-9,13,15,17,20H,10-12H2,1-5H3,(H,24,31)(H,25,30)(H,26,28)/t15-,17?,20?/m0/s1. The van der Waals surface area contributed by atoms with E-state index in [0.717, 1.165) is 10.5 Å². The number of aryl methyl sites for hydroxylation is 1. The molecule has 33 heavy (non-hydrogen) atoms. The monoisotopic (exact) mass is 476 g/mol. The smallest absolute Gasteiger partial charge is 0.246 e. The van der Waals surface area contributed by atoms with Gasteiger partial charge in [-0.15, -0.1) is 0 Å². The number of amides is 5. The molecule has 3 N–H and O–H groups in total. The molecular formula is C23H32N4O5S. The second-order valence-electron chi connectivity index (χ2n) is 8.44. The summed E-state index contributed by atoms with van der Waals surface area (Å²) in [5.41, 5.74) is 1.68. The summed E-state index contributed by atoms with van der Waals surface area (Å²) >= 11 is 1.31. The zero-order chi connectivity index (χ0) is 24.7. The Morgan fingerprint density at radius 3 is 2.24 bits per heavy atom. The zero-order valence-corrected chi connectivity index (χ0v) is 20.5. The average Bonchev–Trinajstić information content (AvgIpc) is 3.04. The molecule has 5 amide bonds. The number of nitrogens with one attached hydrogen (secondary N) is 3. The van der Waals surface area contributed by atoms with Crippen LogP contribution >= 0.6 is 11.8 Å². The first-order valence-electron chi connectivity index (χ1n) is 10.9. The molecule has 0 aromatic heterocycles. The summed E-state index contributed by atoms with van der Waals surface area (Å²) in [5, 5.41) is 7.63. The van der Waals surface area contributed by atoms with Gasteiger partial charge in [0, 0.05) is 25.1 Å². The van der Waals surface area contributed by atoms with Gasteiger partial charge in [0.25, 0.3) is 0 Å². The van der Waals surface area contributed by atoms with Crippen molar-refractivity contribution >= 4 is 47.0 Å². The van der Waals surface area contributed by atoms with Gasteiger partial charge >= 0.3 is 0 Å². The maximum atomic E-state index is 12.8. The van der Waals surface area contributed by atoms with Crippen molar-refractivity contribution in [2.45, 2.75) is 57.9 Å². The molecule has 1 saturated heterocycles. The Labute approximate surface area is 198 Å². The van der Waals surface area contributed by atoms with E-state index in [1.165, 1.54) is 11.8 Å². The molecule has 180 valence electrons. The number of carbonyl (C=O) groups excluding carboxylic acids is 5. The molecule has 1 heterocycles. The first kappa shape index (κ1) is 26.4. The topological polar surface area (TPSA) is 125 Å². The van der Waals surface area contributed by atoms with Crippen molar-refractivity contribution in [3.8, 4) is 0 Å². The minimum atomic E-state index is -0.865. The van der Waals surface area contributed by atoms with Crippen LogP contribution in [-0.2, 0) is 24.0 Å². The van der Waals surface area contributed by atoms with Gasteiger partial charge in [-0.2, -0.15) is 11.8 Å². The maximum Gasteiger partial charge on any atom is 0.246 e. The third-order valence-electron chi connectivity index (χ3n) is 5.39. The molecular weight excluding hydrogens is 444 g/mol. The molecule has 3 atom stereocenters. The number of thioether (sulfide) groups is 1. The number of anilines is 1. The van der Waals surface area contributed by atoms with Crippen molar-refractivity contribution in [2.24, 2.45) is 5.92 Å². The van der Waals surface area contributed by atoms with Gasteiger partial charge in [-0.1, -0.05) is 31.5 Å². The summed E-state index contributed by atoms with van der Waals surface area (Å²) in [6.45, 7) is 7.03. The largest absolute Gasteiger partial charge is 0.344 e. The van der Waals surface area contributed by atoms with Crippen molar-refractivity contribution in [3.63, 3.8) is 0 Å². The molecule has 0 spiro atoms. The predicted octanol–water partition coefficient (Wildman–Crippen LogP) is 1.46. The fourth-order valence-electron chi connectivity index (χ4n) is 3.32. The van der Waals surface area contributed by atoms with E-state index < -0.39 is 29.1 Å². The van der Waals surface area contributed by atoms with Crippen LogP contribution in [0.2, 0.25) is 0 Å². The number of imide groups is 1. The minimum absolute atomic E-state index is 0.0254. The molecule has 10 heteroatoms. The lowest BCUT2D eigenvalue weighted by Gasteiger charge is -2.24. The number of likely N-dealkylation sites (tertiary alicyclic amines) is 1. The lowest BCUT2D eigenvalue weighted by Crippen LogP contribution is -2.54. The highest BCUT2D eigenvalue weighted by Gasteiger charge is 2.38. The van der Waals surface area contributed by atoms with Gasteiger partial charge in [0.1, 0.15) is 12.1 Å². The van der Waals surface area contributed by atoms with E-state index in [9.17, 15) is 24.0 Å². The molecule has 2 rings (SSSR count). The second-order valence-corrected chi connectivity index (χ2v) is 9.48. The predicted molar refractivity (Wildman–Crippen MR) is 127 cm³/mol. The van der Waals surface area contributed by atoms with Gasteiger partial charge in [-0.3, -0.25) is 28.9 Å². The van der Waals surface area contributed by atoms with Gasteiger partial charge in [0.2, 0.25) is 29.5 Å².